The van der Waals surface area contributed by atoms with Crippen molar-refractivity contribution < 1.29 is 24.3 Å². The van der Waals surface area contributed by atoms with Crippen molar-refractivity contribution in [1.82, 2.24) is 15.5 Å². The number of rotatable bonds is 6. The van der Waals surface area contributed by atoms with Gasteiger partial charge in [0.1, 0.15) is 18.1 Å². The van der Waals surface area contributed by atoms with Crippen molar-refractivity contribution in [2.45, 2.75) is 57.5 Å². The van der Waals surface area contributed by atoms with E-state index in [0.29, 0.717) is 12.8 Å². The van der Waals surface area contributed by atoms with Crippen LogP contribution >= 0.6 is 0 Å². The van der Waals surface area contributed by atoms with E-state index in [4.69, 9.17) is 5.11 Å². The summed E-state index contributed by atoms with van der Waals surface area (Å²) in [7, 11) is 0. The molecule has 128 valence electrons. The number of nitrogens with one attached hydrogen (secondary N) is 2. The first-order chi connectivity index (χ1) is 10.7. The molecule has 2 rings (SSSR count). The third kappa shape index (κ3) is 3.62. The van der Waals surface area contributed by atoms with Gasteiger partial charge in [-0.05, 0) is 25.2 Å². The second-order valence-electron chi connectivity index (χ2n) is 6.70. The molecule has 3 N–H and O–H groups in total. The van der Waals surface area contributed by atoms with E-state index in [1.807, 2.05) is 13.8 Å². The highest BCUT2D eigenvalue weighted by Crippen LogP contribution is 2.34. The Balaban J connectivity index is 1.98. The molecule has 1 aliphatic heterocycles. The Hall–Kier alpha value is -2.12. The van der Waals surface area contributed by atoms with Crippen molar-refractivity contribution in [2.24, 2.45) is 5.92 Å². The lowest BCUT2D eigenvalue weighted by Crippen LogP contribution is -2.48. The lowest BCUT2D eigenvalue weighted by Gasteiger charge is -2.21. The van der Waals surface area contributed by atoms with E-state index in [1.54, 1.807) is 0 Å². The normalized spacial score (nSPS) is 20.9. The molecule has 1 saturated carbocycles. The first kappa shape index (κ1) is 17.2. The molecule has 0 aromatic heterocycles. The zero-order valence-corrected chi connectivity index (χ0v) is 13.4. The van der Waals surface area contributed by atoms with Crippen LogP contribution in [0, 0.1) is 5.92 Å². The van der Waals surface area contributed by atoms with Gasteiger partial charge < -0.3 is 15.7 Å². The van der Waals surface area contributed by atoms with Gasteiger partial charge in [0.15, 0.2) is 0 Å². The fourth-order valence-electron chi connectivity index (χ4n) is 3.21. The summed E-state index contributed by atoms with van der Waals surface area (Å²) in [5.41, 5.74) is -0.860. The molecule has 0 aromatic rings. The van der Waals surface area contributed by atoms with Gasteiger partial charge >= 0.3 is 12.0 Å². The number of aliphatic carboxylic acids is 1. The molecule has 1 heterocycles. The van der Waals surface area contributed by atoms with Crippen LogP contribution in [0.2, 0.25) is 0 Å². The molecule has 23 heavy (non-hydrogen) atoms. The molecule has 1 spiro atoms. The van der Waals surface area contributed by atoms with E-state index >= 15 is 0 Å². The van der Waals surface area contributed by atoms with Crippen molar-refractivity contribution in [3.8, 4) is 0 Å². The maximum absolute atomic E-state index is 12.4. The predicted octanol–water partition coefficient (Wildman–Crippen LogP) is 0.467. The number of amides is 4. The molecule has 0 bridgehead atoms. The summed E-state index contributed by atoms with van der Waals surface area (Å²) in [6, 6.07) is -1.61. The topological polar surface area (TPSA) is 116 Å². The largest absolute Gasteiger partial charge is 0.480 e. The zero-order chi connectivity index (χ0) is 17.2. The lowest BCUT2D eigenvalue weighted by molar-refractivity contribution is -0.142. The minimum absolute atomic E-state index is 0.0925. The van der Waals surface area contributed by atoms with Crippen LogP contribution in [0.1, 0.15) is 46.0 Å². The molecular formula is C15H23N3O5. The molecule has 1 atom stereocenters. The Morgan fingerprint density at radius 1 is 1.30 bits per heavy atom. The maximum atomic E-state index is 12.4. The van der Waals surface area contributed by atoms with Crippen LogP contribution in [0.3, 0.4) is 0 Å². The van der Waals surface area contributed by atoms with Gasteiger partial charge in [0.2, 0.25) is 5.91 Å². The molecule has 4 amide bonds. The van der Waals surface area contributed by atoms with Crippen LogP contribution in [0.15, 0.2) is 0 Å². The minimum atomic E-state index is -1.13. The van der Waals surface area contributed by atoms with E-state index in [9.17, 15) is 19.2 Å². The quantitative estimate of drug-likeness (QED) is 0.614. The van der Waals surface area contributed by atoms with Gasteiger partial charge in [-0.3, -0.25) is 14.5 Å². The minimum Gasteiger partial charge on any atom is -0.480 e. The van der Waals surface area contributed by atoms with Gasteiger partial charge in [0.05, 0.1) is 0 Å². The van der Waals surface area contributed by atoms with Gasteiger partial charge in [-0.2, -0.15) is 0 Å². The molecule has 8 nitrogen and oxygen atoms in total. The molecule has 8 heteroatoms. The second kappa shape index (κ2) is 6.55. The van der Waals surface area contributed by atoms with Gasteiger partial charge in [-0.15, -0.1) is 0 Å². The summed E-state index contributed by atoms with van der Waals surface area (Å²) in [6.45, 7) is 3.25. The second-order valence-corrected chi connectivity index (χ2v) is 6.70. The van der Waals surface area contributed by atoms with Gasteiger partial charge in [-0.1, -0.05) is 26.7 Å². The summed E-state index contributed by atoms with van der Waals surface area (Å²) in [4.78, 5) is 48.5. The summed E-state index contributed by atoms with van der Waals surface area (Å²) in [6.07, 6.45) is 3.18. The van der Waals surface area contributed by atoms with Crippen LogP contribution in [0.4, 0.5) is 4.79 Å². The molecule has 2 aliphatic rings. The Kier molecular flexibility index (Phi) is 4.91. The van der Waals surface area contributed by atoms with Gasteiger partial charge in [0, 0.05) is 0 Å². The summed E-state index contributed by atoms with van der Waals surface area (Å²) >= 11 is 0. The monoisotopic (exact) mass is 325 g/mol. The number of carbonyl (C=O) groups excluding carboxylic acids is 3. The van der Waals surface area contributed by atoms with Gasteiger partial charge in [-0.25, -0.2) is 9.59 Å². The predicted molar refractivity (Wildman–Crippen MR) is 80.5 cm³/mol. The van der Waals surface area contributed by atoms with E-state index < -0.39 is 36.0 Å². The van der Waals surface area contributed by atoms with Crippen molar-refractivity contribution in [1.29, 1.82) is 0 Å². The number of nitrogens with zero attached hydrogens (tertiary/aromatic N) is 1. The summed E-state index contributed by atoms with van der Waals surface area (Å²) < 4.78 is 0. The van der Waals surface area contributed by atoms with Crippen molar-refractivity contribution in [2.75, 3.05) is 6.54 Å². The van der Waals surface area contributed by atoms with Crippen LogP contribution < -0.4 is 10.6 Å². The highest BCUT2D eigenvalue weighted by molar-refractivity contribution is 6.09. The van der Waals surface area contributed by atoms with Crippen molar-refractivity contribution >= 4 is 23.8 Å². The number of imide groups is 1. The SMILES string of the molecule is CC(C)C[C@H](NC(=O)CN1C(=O)NC2(CCCC2)C1=O)C(=O)O. The standard InChI is InChI=1S/C15H23N3O5/c1-9(2)7-10(12(20)21)16-11(19)8-18-13(22)15(17-14(18)23)5-3-4-6-15/h9-10H,3-8H2,1-2H3,(H,16,19)(H,17,23)(H,20,21)/t10-/m0/s1. The number of hydrogen-bond donors (Lipinski definition) is 3. The third-order valence-electron chi connectivity index (χ3n) is 4.35. The fraction of sp³-hybridized carbons (Fsp3) is 0.733. The van der Waals surface area contributed by atoms with Crippen LogP contribution in [0.25, 0.3) is 0 Å². The van der Waals surface area contributed by atoms with E-state index in [0.717, 1.165) is 17.7 Å². The van der Waals surface area contributed by atoms with E-state index in [2.05, 4.69) is 10.6 Å². The average molecular weight is 325 g/mol. The Morgan fingerprint density at radius 2 is 1.91 bits per heavy atom. The Bertz CT molecular complexity index is 525. The highest BCUT2D eigenvalue weighted by atomic mass is 16.4. The van der Waals surface area contributed by atoms with Gasteiger partial charge in [0.25, 0.3) is 5.91 Å². The lowest BCUT2D eigenvalue weighted by atomic mass is 9.98. The molecule has 0 unspecified atom stereocenters. The Morgan fingerprint density at radius 3 is 2.43 bits per heavy atom. The number of urea groups is 1. The molecule has 0 aromatic carbocycles. The summed E-state index contributed by atoms with van der Waals surface area (Å²) in [5, 5.41) is 14.2. The molecular weight excluding hydrogens is 302 g/mol. The highest BCUT2D eigenvalue weighted by Gasteiger charge is 2.52. The zero-order valence-electron chi connectivity index (χ0n) is 13.4. The number of hydrogen-bond acceptors (Lipinski definition) is 4. The van der Waals surface area contributed by atoms with Crippen LogP contribution in [-0.4, -0.2) is 51.9 Å². The summed E-state index contributed by atoms with van der Waals surface area (Å²) in [5.74, 6) is -2.06. The van der Waals surface area contributed by atoms with Crippen molar-refractivity contribution in [3.05, 3.63) is 0 Å². The first-order valence-corrected chi connectivity index (χ1v) is 7.91. The maximum Gasteiger partial charge on any atom is 0.326 e. The first-order valence-electron chi connectivity index (χ1n) is 7.91. The fourth-order valence-corrected chi connectivity index (χ4v) is 3.21. The van der Waals surface area contributed by atoms with E-state index in [-0.39, 0.29) is 18.2 Å². The number of carboxylic acids is 1. The molecule has 1 saturated heterocycles. The number of carbonyl (C=O) groups is 4. The van der Waals surface area contributed by atoms with Crippen LogP contribution in [-0.2, 0) is 14.4 Å². The van der Waals surface area contributed by atoms with Crippen molar-refractivity contribution in [3.63, 3.8) is 0 Å². The molecule has 2 fully saturated rings. The van der Waals surface area contributed by atoms with E-state index in [1.165, 1.54) is 0 Å². The smallest absolute Gasteiger partial charge is 0.326 e. The average Bonchev–Trinajstić information content (AvgIpc) is 2.99. The molecule has 0 radical (unpaired) electrons. The third-order valence-corrected chi connectivity index (χ3v) is 4.35. The number of carboxylic acid groups (broad SMARTS) is 1. The molecule has 1 aliphatic carbocycles. The van der Waals surface area contributed by atoms with Crippen LogP contribution in [0.5, 0.6) is 0 Å². The Labute approximate surface area is 134 Å².